The predicted molar refractivity (Wildman–Crippen MR) is 159 cm³/mol. The third-order valence-corrected chi connectivity index (χ3v) is 7.74. The highest BCUT2D eigenvalue weighted by molar-refractivity contribution is 6.45. The fraction of sp³-hybridized carbons (Fsp3) is 0.344. The summed E-state index contributed by atoms with van der Waals surface area (Å²) in [6.07, 6.45) is 7.46. The first kappa shape index (κ1) is 29.1. The number of halogens is 3. The van der Waals surface area contributed by atoms with Gasteiger partial charge >= 0.3 is 0 Å². The lowest BCUT2D eigenvalue weighted by Crippen LogP contribution is -2.28. The minimum absolute atomic E-state index is 0.155. The smallest absolute Gasteiger partial charge is 0.211 e. The summed E-state index contributed by atoms with van der Waals surface area (Å²) in [6, 6.07) is 17.1. The minimum Gasteiger partial charge on any atom is -0.492 e. The second-order valence-corrected chi connectivity index (χ2v) is 10.5. The van der Waals surface area contributed by atoms with E-state index >= 15 is 0 Å². The summed E-state index contributed by atoms with van der Waals surface area (Å²) in [5.41, 5.74) is 2.98. The zero-order valence-electron chi connectivity index (χ0n) is 22.6. The highest BCUT2D eigenvalue weighted by atomic mass is 35.5. The van der Waals surface area contributed by atoms with Crippen LogP contribution in [0.4, 0.5) is 4.39 Å². The molecule has 0 saturated carbocycles. The molecular weight excluding hydrogens is 534 g/mol. The number of ether oxygens (including phenoxy) is 1. The first-order valence-corrected chi connectivity index (χ1v) is 14.4. The van der Waals surface area contributed by atoms with Crippen LogP contribution in [0.15, 0.2) is 66.9 Å². The van der Waals surface area contributed by atoms with Crippen LogP contribution in [0.5, 0.6) is 5.75 Å². The molecule has 0 aliphatic carbocycles. The molecule has 0 aliphatic heterocycles. The SMILES string of the molecule is CCCCN(CCCC)CCCOc1ccc(C(=O)c2c(-c3ccc(F)cc3)cc3ccccn23)c(Cl)c1Cl. The molecule has 4 aromatic rings. The Morgan fingerprint density at radius 3 is 2.28 bits per heavy atom. The molecule has 2 aromatic heterocycles. The van der Waals surface area contributed by atoms with Gasteiger partial charge in [-0.3, -0.25) is 4.79 Å². The fourth-order valence-corrected chi connectivity index (χ4v) is 5.18. The summed E-state index contributed by atoms with van der Waals surface area (Å²) in [6.45, 7) is 8.11. The number of ketones is 1. The molecule has 0 fully saturated rings. The van der Waals surface area contributed by atoms with Crippen LogP contribution in [0.2, 0.25) is 10.0 Å². The van der Waals surface area contributed by atoms with Gasteiger partial charge < -0.3 is 14.0 Å². The Kier molecular flexibility index (Phi) is 10.4. The molecule has 4 nitrogen and oxygen atoms in total. The number of pyridine rings is 1. The Bertz CT molecular complexity index is 1390. The van der Waals surface area contributed by atoms with Crippen molar-refractivity contribution in [1.29, 1.82) is 0 Å². The highest BCUT2D eigenvalue weighted by Gasteiger charge is 2.24. The van der Waals surface area contributed by atoms with Gasteiger partial charge in [0.15, 0.2) is 0 Å². The van der Waals surface area contributed by atoms with Gasteiger partial charge in [0.1, 0.15) is 22.3 Å². The maximum Gasteiger partial charge on any atom is 0.211 e. The van der Waals surface area contributed by atoms with Gasteiger partial charge in [0.2, 0.25) is 5.78 Å². The van der Waals surface area contributed by atoms with Crippen LogP contribution in [0.3, 0.4) is 0 Å². The van der Waals surface area contributed by atoms with Crippen LogP contribution in [0.25, 0.3) is 16.6 Å². The molecule has 2 heterocycles. The van der Waals surface area contributed by atoms with Crippen molar-refractivity contribution in [2.24, 2.45) is 0 Å². The fourth-order valence-electron chi connectivity index (χ4n) is 4.72. The molecule has 0 unspecified atom stereocenters. The zero-order chi connectivity index (χ0) is 27.8. The predicted octanol–water partition coefficient (Wildman–Crippen LogP) is 8.95. The van der Waals surface area contributed by atoms with Crippen LogP contribution in [-0.2, 0) is 0 Å². The van der Waals surface area contributed by atoms with Crippen molar-refractivity contribution >= 4 is 34.5 Å². The van der Waals surface area contributed by atoms with Crippen molar-refractivity contribution in [3.8, 4) is 16.9 Å². The summed E-state index contributed by atoms with van der Waals surface area (Å²) in [7, 11) is 0. The van der Waals surface area contributed by atoms with Crippen LogP contribution >= 0.6 is 23.2 Å². The van der Waals surface area contributed by atoms with Crippen molar-refractivity contribution in [2.75, 3.05) is 26.2 Å². The Morgan fingerprint density at radius 2 is 1.59 bits per heavy atom. The van der Waals surface area contributed by atoms with E-state index < -0.39 is 0 Å². The van der Waals surface area contributed by atoms with E-state index in [-0.39, 0.29) is 27.2 Å². The Hall–Kier alpha value is -2.86. The first-order valence-electron chi connectivity index (χ1n) is 13.7. The summed E-state index contributed by atoms with van der Waals surface area (Å²) in [5.74, 6) is -0.150. The number of aromatic nitrogens is 1. The molecule has 2 aromatic carbocycles. The number of hydrogen-bond donors (Lipinski definition) is 0. The van der Waals surface area contributed by atoms with Gasteiger partial charge in [-0.25, -0.2) is 4.39 Å². The summed E-state index contributed by atoms with van der Waals surface area (Å²) in [5, 5.41) is 0.378. The van der Waals surface area contributed by atoms with E-state index in [1.165, 1.54) is 37.8 Å². The number of rotatable bonds is 14. The van der Waals surface area contributed by atoms with E-state index in [9.17, 15) is 9.18 Å². The number of carbonyl (C=O) groups excluding carboxylic acids is 1. The minimum atomic E-state index is -0.338. The molecule has 0 atom stereocenters. The van der Waals surface area contributed by atoms with E-state index in [0.29, 0.717) is 23.6 Å². The lowest BCUT2D eigenvalue weighted by molar-refractivity contribution is 0.103. The number of nitrogens with zero attached hydrogens (tertiary/aromatic N) is 2. The number of benzene rings is 2. The number of carbonyl (C=O) groups is 1. The average molecular weight is 570 g/mol. The molecule has 4 rings (SSSR count). The highest BCUT2D eigenvalue weighted by Crippen LogP contribution is 2.37. The van der Waals surface area contributed by atoms with E-state index in [4.69, 9.17) is 27.9 Å². The summed E-state index contributed by atoms with van der Waals surface area (Å²) in [4.78, 5) is 16.4. The van der Waals surface area contributed by atoms with Crippen LogP contribution < -0.4 is 4.74 Å². The first-order chi connectivity index (χ1) is 18.9. The summed E-state index contributed by atoms with van der Waals surface area (Å²) >= 11 is 13.3. The Labute approximate surface area is 240 Å². The van der Waals surface area contributed by atoms with Gasteiger partial charge in [-0.15, -0.1) is 0 Å². The van der Waals surface area contributed by atoms with Crippen LogP contribution in [-0.4, -0.2) is 41.3 Å². The molecule has 0 spiro atoms. The van der Waals surface area contributed by atoms with Crippen LogP contribution in [0.1, 0.15) is 62.0 Å². The topological polar surface area (TPSA) is 34.0 Å². The lowest BCUT2D eigenvalue weighted by Gasteiger charge is -2.22. The van der Waals surface area contributed by atoms with Crippen molar-refractivity contribution in [3.63, 3.8) is 0 Å². The molecular formula is C32H35Cl2FN2O2. The van der Waals surface area contributed by atoms with Crippen molar-refractivity contribution in [2.45, 2.75) is 46.0 Å². The molecule has 0 amide bonds. The number of unbranched alkanes of at least 4 members (excludes halogenated alkanes) is 2. The zero-order valence-corrected chi connectivity index (χ0v) is 24.1. The van der Waals surface area contributed by atoms with Crippen LogP contribution in [0, 0.1) is 5.82 Å². The Morgan fingerprint density at radius 1 is 0.897 bits per heavy atom. The number of fused-ring (bicyclic) bond motifs is 1. The quantitative estimate of drug-likeness (QED) is 0.112. The van der Waals surface area contributed by atoms with Gasteiger partial charge in [0.05, 0.1) is 11.6 Å². The number of hydrogen-bond acceptors (Lipinski definition) is 3. The summed E-state index contributed by atoms with van der Waals surface area (Å²) < 4.78 is 21.4. The molecule has 0 radical (unpaired) electrons. The molecule has 0 aliphatic rings. The van der Waals surface area contributed by atoms with E-state index in [1.807, 2.05) is 34.9 Å². The molecule has 0 bridgehead atoms. The van der Waals surface area contributed by atoms with Crippen molar-refractivity contribution in [1.82, 2.24) is 9.30 Å². The van der Waals surface area contributed by atoms with E-state index in [2.05, 4.69) is 18.7 Å². The molecule has 206 valence electrons. The second-order valence-electron chi connectivity index (χ2n) is 9.73. The third-order valence-electron chi connectivity index (χ3n) is 6.87. The largest absolute Gasteiger partial charge is 0.492 e. The maximum absolute atomic E-state index is 13.9. The van der Waals surface area contributed by atoms with Gasteiger partial charge in [0.25, 0.3) is 0 Å². The van der Waals surface area contributed by atoms with Gasteiger partial charge in [-0.05, 0) is 80.4 Å². The normalized spacial score (nSPS) is 11.4. The van der Waals surface area contributed by atoms with Crippen molar-refractivity contribution in [3.05, 3.63) is 94.0 Å². The van der Waals surface area contributed by atoms with E-state index in [0.717, 1.165) is 37.1 Å². The van der Waals surface area contributed by atoms with Gasteiger partial charge in [0, 0.05) is 29.4 Å². The van der Waals surface area contributed by atoms with Crippen molar-refractivity contribution < 1.29 is 13.9 Å². The monoisotopic (exact) mass is 568 g/mol. The molecule has 39 heavy (non-hydrogen) atoms. The lowest BCUT2D eigenvalue weighted by atomic mass is 10.00. The second kappa shape index (κ2) is 14.0. The average Bonchev–Trinajstić information content (AvgIpc) is 3.34. The van der Waals surface area contributed by atoms with E-state index in [1.54, 1.807) is 24.3 Å². The maximum atomic E-state index is 13.9. The molecule has 7 heteroatoms. The van der Waals surface area contributed by atoms with Gasteiger partial charge in [-0.2, -0.15) is 0 Å². The third kappa shape index (κ3) is 7.02. The molecule has 0 N–H and O–H groups in total. The standard InChI is InChI=1S/C32H35Cl2FN2O2/c1-3-5-17-36(18-6-4-2)19-9-21-39-28-16-15-26(29(33)30(28)34)32(38)31-27(23-11-13-24(35)14-12-23)22-25-10-7-8-20-37(25)31/h7-8,10-16,20,22H,3-6,9,17-19,21H2,1-2H3. The Balaban J connectivity index is 1.53. The molecule has 0 saturated heterocycles. The van der Waals surface area contributed by atoms with Gasteiger partial charge in [-0.1, -0.05) is 68.1 Å².